The molecule has 1 amide bonds. The van der Waals surface area contributed by atoms with Crippen LogP contribution in [-0.4, -0.2) is 18.0 Å². The highest BCUT2D eigenvalue weighted by Crippen LogP contribution is 2.19. The Labute approximate surface area is 112 Å². The van der Waals surface area contributed by atoms with Gasteiger partial charge in [-0.25, -0.2) is 0 Å². The highest BCUT2D eigenvalue weighted by Gasteiger charge is 2.08. The monoisotopic (exact) mass is 256 g/mol. The van der Waals surface area contributed by atoms with Crippen LogP contribution in [0.3, 0.4) is 0 Å². The lowest BCUT2D eigenvalue weighted by molar-refractivity contribution is 0.0945. The Morgan fingerprint density at radius 1 is 1.32 bits per heavy atom. The Balaban J connectivity index is 2.07. The number of carbonyl (C=O) groups is 1. The van der Waals surface area contributed by atoms with E-state index in [0.29, 0.717) is 12.2 Å². The van der Waals surface area contributed by atoms with Gasteiger partial charge in [-0.05, 0) is 25.1 Å². The van der Waals surface area contributed by atoms with Gasteiger partial charge in [0.05, 0.1) is 7.11 Å². The molecule has 0 aliphatic rings. The number of methoxy groups -OCH3 is 1. The average Bonchev–Trinajstić information content (AvgIpc) is 2.46. The topological polar surface area (TPSA) is 51.2 Å². The lowest BCUT2D eigenvalue weighted by atomic mass is 10.1. The first-order valence-electron chi connectivity index (χ1n) is 6.03. The molecule has 0 fully saturated rings. The number of amides is 1. The van der Waals surface area contributed by atoms with Crippen LogP contribution in [0.15, 0.2) is 42.6 Å². The lowest BCUT2D eigenvalue weighted by Gasteiger charge is -2.10. The van der Waals surface area contributed by atoms with Gasteiger partial charge >= 0.3 is 0 Å². The molecule has 19 heavy (non-hydrogen) atoms. The summed E-state index contributed by atoms with van der Waals surface area (Å²) in [6.07, 6.45) is 1.60. The Hall–Kier alpha value is -2.36. The molecule has 2 aromatic rings. The largest absolute Gasteiger partial charge is 0.496 e. The fraction of sp³-hybridized carbons (Fsp3) is 0.200. The first-order chi connectivity index (χ1) is 9.20. The van der Waals surface area contributed by atoms with E-state index in [1.54, 1.807) is 31.5 Å². The van der Waals surface area contributed by atoms with Crippen molar-refractivity contribution in [1.29, 1.82) is 0 Å². The zero-order valence-corrected chi connectivity index (χ0v) is 11.0. The quantitative estimate of drug-likeness (QED) is 0.913. The zero-order chi connectivity index (χ0) is 13.7. The van der Waals surface area contributed by atoms with Gasteiger partial charge in [0.25, 0.3) is 5.91 Å². The molecule has 1 aromatic carbocycles. The molecule has 0 saturated heterocycles. The van der Waals surface area contributed by atoms with Gasteiger partial charge in [0.2, 0.25) is 0 Å². The number of hydrogen-bond acceptors (Lipinski definition) is 3. The van der Waals surface area contributed by atoms with Crippen molar-refractivity contribution in [1.82, 2.24) is 10.3 Å². The zero-order valence-electron chi connectivity index (χ0n) is 11.0. The molecule has 1 heterocycles. The number of hydrogen-bond donors (Lipinski definition) is 1. The third kappa shape index (κ3) is 3.31. The smallest absolute Gasteiger partial charge is 0.270 e. The van der Waals surface area contributed by atoms with Crippen molar-refractivity contribution in [3.8, 4) is 5.75 Å². The van der Waals surface area contributed by atoms with E-state index in [1.807, 2.05) is 25.1 Å². The normalized spacial score (nSPS) is 10.0. The summed E-state index contributed by atoms with van der Waals surface area (Å²) >= 11 is 0. The van der Waals surface area contributed by atoms with Crippen molar-refractivity contribution in [2.45, 2.75) is 13.5 Å². The lowest BCUT2D eigenvalue weighted by Crippen LogP contribution is -2.23. The number of pyridine rings is 1. The van der Waals surface area contributed by atoms with E-state index >= 15 is 0 Å². The highest BCUT2D eigenvalue weighted by atomic mass is 16.5. The SMILES string of the molecule is COc1ccc(C)cc1CNC(=O)c1ccccn1. The van der Waals surface area contributed by atoms with E-state index in [0.717, 1.165) is 16.9 Å². The number of rotatable bonds is 4. The predicted octanol–water partition coefficient (Wildman–Crippen LogP) is 2.33. The van der Waals surface area contributed by atoms with Gasteiger partial charge in [-0.2, -0.15) is 0 Å². The maximum Gasteiger partial charge on any atom is 0.270 e. The fourth-order valence-electron chi connectivity index (χ4n) is 1.81. The average molecular weight is 256 g/mol. The second-order valence-corrected chi connectivity index (χ2v) is 4.21. The first kappa shape index (κ1) is 13.1. The van der Waals surface area contributed by atoms with Crippen LogP contribution in [0.5, 0.6) is 5.75 Å². The van der Waals surface area contributed by atoms with Gasteiger partial charge in [-0.3, -0.25) is 9.78 Å². The standard InChI is InChI=1S/C15H16N2O2/c1-11-6-7-14(19-2)12(9-11)10-17-15(18)13-5-3-4-8-16-13/h3-9H,10H2,1-2H3,(H,17,18). The van der Waals surface area contributed by atoms with Crippen LogP contribution < -0.4 is 10.1 Å². The van der Waals surface area contributed by atoms with Gasteiger partial charge < -0.3 is 10.1 Å². The van der Waals surface area contributed by atoms with Crippen molar-refractivity contribution in [3.63, 3.8) is 0 Å². The van der Waals surface area contributed by atoms with E-state index in [4.69, 9.17) is 4.74 Å². The van der Waals surface area contributed by atoms with Gasteiger partial charge in [-0.15, -0.1) is 0 Å². The maximum atomic E-state index is 11.9. The van der Waals surface area contributed by atoms with Crippen molar-refractivity contribution < 1.29 is 9.53 Å². The molecule has 0 aliphatic heterocycles. The molecule has 0 aliphatic carbocycles. The minimum absolute atomic E-state index is 0.191. The van der Waals surface area contributed by atoms with E-state index in [-0.39, 0.29) is 5.91 Å². The van der Waals surface area contributed by atoms with Crippen molar-refractivity contribution in [2.75, 3.05) is 7.11 Å². The number of nitrogens with one attached hydrogen (secondary N) is 1. The molecule has 4 heteroatoms. The Morgan fingerprint density at radius 3 is 2.84 bits per heavy atom. The number of carbonyl (C=O) groups excluding carboxylic acids is 1. The summed E-state index contributed by atoms with van der Waals surface area (Å²) < 4.78 is 5.27. The summed E-state index contributed by atoms with van der Waals surface area (Å²) in [6.45, 7) is 2.42. The molecule has 2 rings (SSSR count). The van der Waals surface area contributed by atoms with Crippen molar-refractivity contribution in [3.05, 3.63) is 59.4 Å². The summed E-state index contributed by atoms with van der Waals surface area (Å²) in [5, 5.41) is 2.84. The van der Waals surface area contributed by atoms with E-state index in [1.165, 1.54) is 0 Å². The molecule has 1 aromatic heterocycles. The molecule has 4 nitrogen and oxygen atoms in total. The number of aromatic nitrogens is 1. The summed E-state index contributed by atoms with van der Waals surface area (Å²) in [5.74, 6) is 0.580. The van der Waals surface area contributed by atoms with E-state index in [2.05, 4.69) is 10.3 Å². The van der Waals surface area contributed by atoms with Crippen molar-refractivity contribution in [2.24, 2.45) is 0 Å². The second-order valence-electron chi connectivity index (χ2n) is 4.21. The van der Waals surface area contributed by atoms with Gasteiger partial charge in [-0.1, -0.05) is 23.8 Å². The van der Waals surface area contributed by atoms with Crippen LogP contribution in [0.25, 0.3) is 0 Å². The van der Waals surface area contributed by atoms with Crippen LogP contribution in [0.4, 0.5) is 0 Å². The minimum Gasteiger partial charge on any atom is -0.496 e. The molecule has 0 saturated carbocycles. The Kier molecular flexibility index (Phi) is 4.13. The molecule has 1 N–H and O–H groups in total. The molecule has 0 atom stereocenters. The number of benzene rings is 1. The molecule has 0 unspecified atom stereocenters. The molecule has 0 spiro atoms. The third-order valence-electron chi connectivity index (χ3n) is 2.77. The summed E-state index contributed by atoms with van der Waals surface area (Å²) in [7, 11) is 1.62. The van der Waals surface area contributed by atoms with E-state index < -0.39 is 0 Å². The number of aryl methyl sites for hydroxylation is 1. The van der Waals surface area contributed by atoms with Crippen LogP contribution in [0, 0.1) is 6.92 Å². The van der Waals surface area contributed by atoms with Gasteiger partial charge in [0.1, 0.15) is 11.4 Å². The Morgan fingerprint density at radius 2 is 2.16 bits per heavy atom. The van der Waals surface area contributed by atoms with Gasteiger partial charge in [0.15, 0.2) is 0 Å². The molecule has 98 valence electrons. The second kappa shape index (κ2) is 6.00. The van der Waals surface area contributed by atoms with E-state index in [9.17, 15) is 4.79 Å². The van der Waals surface area contributed by atoms with Crippen molar-refractivity contribution >= 4 is 5.91 Å². The highest BCUT2D eigenvalue weighted by molar-refractivity contribution is 5.92. The molecule has 0 radical (unpaired) electrons. The fourth-order valence-corrected chi connectivity index (χ4v) is 1.81. The van der Waals surface area contributed by atoms with Crippen LogP contribution in [0.2, 0.25) is 0 Å². The number of nitrogens with zero attached hydrogens (tertiary/aromatic N) is 1. The summed E-state index contributed by atoms with van der Waals surface area (Å²) in [4.78, 5) is 15.9. The summed E-state index contributed by atoms with van der Waals surface area (Å²) in [5.41, 5.74) is 2.49. The van der Waals surface area contributed by atoms with Crippen LogP contribution >= 0.6 is 0 Å². The maximum absolute atomic E-state index is 11.9. The molecular formula is C15H16N2O2. The first-order valence-corrected chi connectivity index (χ1v) is 6.03. The number of ether oxygens (including phenoxy) is 1. The van der Waals surface area contributed by atoms with Gasteiger partial charge in [0, 0.05) is 18.3 Å². The molecule has 0 bridgehead atoms. The third-order valence-corrected chi connectivity index (χ3v) is 2.77. The molecular weight excluding hydrogens is 240 g/mol. The minimum atomic E-state index is -0.191. The predicted molar refractivity (Wildman–Crippen MR) is 73.1 cm³/mol. The van der Waals surface area contributed by atoms with Crippen LogP contribution in [-0.2, 0) is 6.54 Å². The summed E-state index contributed by atoms with van der Waals surface area (Å²) in [6, 6.07) is 11.1. The van der Waals surface area contributed by atoms with Crippen LogP contribution in [0.1, 0.15) is 21.6 Å². The Bertz CT molecular complexity index is 568.